The molecule has 0 saturated carbocycles. The van der Waals surface area contributed by atoms with Crippen LogP contribution in [0.1, 0.15) is 44.2 Å². The smallest absolute Gasteiger partial charge is 0.281 e. The molecule has 2 aromatic rings. The highest BCUT2D eigenvalue weighted by Gasteiger charge is 2.71. The van der Waals surface area contributed by atoms with Gasteiger partial charge in [0, 0.05) is 42.1 Å². The minimum atomic E-state index is -2.00. The first-order chi connectivity index (χ1) is 20.1. The minimum Gasteiger partial charge on any atom is -0.361 e. The van der Waals surface area contributed by atoms with E-state index in [2.05, 4.69) is 33.5 Å². The van der Waals surface area contributed by atoms with Crippen LogP contribution in [0.5, 0.6) is 0 Å². The molecule has 4 aliphatic heterocycles. The molecule has 1 aromatic heterocycles. The zero-order valence-corrected chi connectivity index (χ0v) is 25.4. The molecule has 3 fully saturated rings. The van der Waals surface area contributed by atoms with Gasteiger partial charge in [-0.2, -0.15) is 11.8 Å². The zero-order valence-electron chi connectivity index (χ0n) is 24.6. The van der Waals surface area contributed by atoms with Crippen molar-refractivity contribution >= 4 is 46.0 Å². The molecule has 7 rings (SSSR count). The summed E-state index contributed by atoms with van der Waals surface area (Å²) in [6.07, 6.45) is 8.57. The molecule has 1 aromatic carbocycles. The number of aromatic nitrogens is 1. The number of rotatable bonds is 6. The van der Waals surface area contributed by atoms with Crippen molar-refractivity contribution in [2.24, 2.45) is 11.8 Å². The molecule has 6 atom stereocenters. The molecule has 5 aliphatic rings. The quantitative estimate of drug-likeness (QED) is 0.470. The number of aliphatic hydroxyl groups is 1. The van der Waals surface area contributed by atoms with Crippen LogP contribution in [-0.2, 0) is 25.5 Å². The fraction of sp³-hybridized carbons (Fsp3) is 0.581. The van der Waals surface area contributed by atoms with Gasteiger partial charge in [0.05, 0.1) is 5.92 Å². The maximum absolute atomic E-state index is 14.4. The number of H-pyrrole nitrogens is 1. The van der Waals surface area contributed by atoms with E-state index in [1.165, 1.54) is 15.8 Å². The SMILES string of the molecule is CSCC[C@H]1C(=O)N2CCC[C@H]2C2(O)O[C@](NC(=O)C3C=C4c5cccc6[nH]cc(c56)CC4N(C)C3)(C(C)C)C(=O)N12. The van der Waals surface area contributed by atoms with Crippen molar-refractivity contribution in [1.29, 1.82) is 0 Å². The van der Waals surface area contributed by atoms with E-state index in [0.717, 1.165) is 29.5 Å². The third-order valence-corrected chi connectivity index (χ3v) is 10.7. The molecule has 1 aliphatic carbocycles. The summed E-state index contributed by atoms with van der Waals surface area (Å²) in [4.78, 5) is 50.6. The first-order valence-electron chi connectivity index (χ1n) is 15.0. The highest BCUT2D eigenvalue weighted by molar-refractivity contribution is 7.98. The molecular weight excluding hydrogens is 554 g/mol. The summed E-state index contributed by atoms with van der Waals surface area (Å²) in [5.41, 5.74) is 2.79. The van der Waals surface area contributed by atoms with E-state index >= 15 is 0 Å². The number of hydrogen-bond acceptors (Lipinski definition) is 7. The van der Waals surface area contributed by atoms with Crippen molar-refractivity contribution < 1.29 is 24.2 Å². The highest BCUT2D eigenvalue weighted by Crippen LogP contribution is 2.48. The van der Waals surface area contributed by atoms with Crippen molar-refractivity contribution in [1.82, 2.24) is 25.0 Å². The number of amides is 3. The van der Waals surface area contributed by atoms with E-state index in [4.69, 9.17) is 4.74 Å². The number of nitrogens with zero attached hydrogens (tertiary/aromatic N) is 3. The van der Waals surface area contributed by atoms with Crippen molar-refractivity contribution in [3.63, 3.8) is 0 Å². The molecular formula is C31H39N5O5S. The lowest BCUT2D eigenvalue weighted by Crippen LogP contribution is -2.71. The molecule has 0 spiro atoms. The van der Waals surface area contributed by atoms with Crippen LogP contribution >= 0.6 is 11.8 Å². The predicted molar refractivity (Wildman–Crippen MR) is 160 cm³/mol. The molecule has 5 heterocycles. The molecule has 11 heteroatoms. The number of thioether (sulfide) groups is 1. The van der Waals surface area contributed by atoms with Gasteiger partial charge in [-0.3, -0.25) is 28.9 Å². The van der Waals surface area contributed by atoms with Crippen LogP contribution < -0.4 is 5.32 Å². The Morgan fingerprint density at radius 1 is 1.31 bits per heavy atom. The Labute approximate surface area is 249 Å². The number of carbonyl (C=O) groups is 3. The van der Waals surface area contributed by atoms with Gasteiger partial charge in [-0.05, 0) is 67.5 Å². The highest BCUT2D eigenvalue weighted by atomic mass is 32.2. The number of piperazine rings is 1. The van der Waals surface area contributed by atoms with Gasteiger partial charge >= 0.3 is 0 Å². The Bertz CT molecular complexity index is 1510. The third-order valence-electron chi connectivity index (χ3n) is 10.1. The van der Waals surface area contributed by atoms with Gasteiger partial charge in [0.25, 0.3) is 11.8 Å². The molecule has 224 valence electrons. The molecule has 3 amide bonds. The van der Waals surface area contributed by atoms with Crippen LogP contribution in [0.4, 0.5) is 0 Å². The molecule has 0 radical (unpaired) electrons. The van der Waals surface area contributed by atoms with Crippen LogP contribution in [0.25, 0.3) is 16.5 Å². The maximum Gasteiger partial charge on any atom is 0.281 e. The van der Waals surface area contributed by atoms with Crippen LogP contribution in [0.3, 0.4) is 0 Å². The Kier molecular flexibility index (Phi) is 6.54. The van der Waals surface area contributed by atoms with Crippen molar-refractivity contribution in [3.05, 3.63) is 41.6 Å². The van der Waals surface area contributed by atoms with Crippen LogP contribution in [0.15, 0.2) is 30.5 Å². The topological polar surface area (TPSA) is 118 Å². The Hall–Kier alpha value is -2.86. The van der Waals surface area contributed by atoms with Gasteiger partial charge in [0.2, 0.25) is 17.5 Å². The largest absolute Gasteiger partial charge is 0.361 e. The Balaban J connectivity index is 1.24. The summed E-state index contributed by atoms with van der Waals surface area (Å²) in [6, 6.07) is 4.84. The van der Waals surface area contributed by atoms with Gasteiger partial charge in [-0.1, -0.05) is 32.1 Å². The number of likely N-dealkylation sites (N-methyl/N-ethyl adjacent to an activating group) is 1. The maximum atomic E-state index is 14.4. The van der Waals surface area contributed by atoms with Gasteiger partial charge in [0.1, 0.15) is 12.1 Å². The number of fused-ring (bicyclic) bond motifs is 5. The average molecular weight is 594 g/mol. The summed E-state index contributed by atoms with van der Waals surface area (Å²) in [5, 5.41) is 16.3. The fourth-order valence-electron chi connectivity index (χ4n) is 7.93. The molecule has 10 nitrogen and oxygen atoms in total. The fourth-order valence-corrected chi connectivity index (χ4v) is 8.39. The number of benzene rings is 1. The lowest BCUT2D eigenvalue weighted by Gasteiger charge is -2.48. The van der Waals surface area contributed by atoms with Crippen LogP contribution in [0, 0.1) is 11.8 Å². The first kappa shape index (κ1) is 27.9. The summed E-state index contributed by atoms with van der Waals surface area (Å²) in [5.74, 6) is -3.42. The summed E-state index contributed by atoms with van der Waals surface area (Å²) < 4.78 is 6.43. The summed E-state index contributed by atoms with van der Waals surface area (Å²) >= 11 is 1.58. The second-order valence-electron chi connectivity index (χ2n) is 12.7. The Morgan fingerprint density at radius 2 is 2.12 bits per heavy atom. The molecule has 3 N–H and O–H groups in total. The molecule has 0 bridgehead atoms. The average Bonchev–Trinajstić information content (AvgIpc) is 3.68. The number of ether oxygens (including phenoxy) is 1. The Morgan fingerprint density at radius 3 is 2.88 bits per heavy atom. The van der Waals surface area contributed by atoms with Crippen LogP contribution in [-0.4, -0.2) is 104 Å². The monoisotopic (exact) mass is 593 g/mol. The van der Waals surface area contributed by atoms with E-state index in [0.29, 0.717) is 31.7 Å². The number of nitrogens with one attached hydrogen (secondary N) is 2. The van der Waals surface area contributed by atoms with Crippen molar-refractivity contribution in [2.45, 2.75) is 69.3 Å². The van der Waals surface area contributed by atoms with Gasteiger partial charge in [-0.25, -0.2) is 0 Å². The molecule has 3 unspecified atom stereocenters. The van der Waals surface area contributed by atoms with Gasteiger partial charge in [0.15, 0.2) is 0 Å². The second kappa shape index (κ2) is 9.83. The number of hydrogen-bond donors (Lipinski definition) is 3. The standard InChI is InChI=1S/C31H39N5O5S/c1-17(2)30(29(39)36-23(10-12-42-4)28(38)35-11-6-9-25(35)31(36,40)41-30)33-27(37)19-13-21-20-7-5-8-22-26(20)18(15-32-22)14-24(21)34(3)16-19/h5,7-8,13,15,17,19,23-25,32,40H,6,9-12,14,16H2,1-4H3,(H,33,37)/t19?,23-,24?,25-,30+,31?/m0/s1. The van der Waals surface area contributed by atoms with Gasteiger partial charge < -0.3 is 20.3 Å². The lowest BCUT2D eigenvalue weighted by atomic mass is 9.79. The zero-order chi connectivity index (χ0) is 29.6. The van der Waals surface area contributed by atoms with E-state index in [1.807, 2.05) is 39.3 Å². The number of carbonyl (C=O) groups excluding carboxylic acids is 3. The summed E-state index contributed by atoms with van der Waals surface area (Å²) in [6.45, 7) is 4.62. The molecule has 3 saturated heterocycles. The summed E-state index contributed by atoms with van der Waals surface area (Å²) in [7, 11) is 2.03. The van der Waals surface area contributed by atoms with Gasteiger partial charge in [-0.15, -0.1) is 0 Å². The normalized spacial score (nSPS) is 34.1. The minimum absolute atomic E-state index is 0.151. The van der Waals surface area contributed by atoms with E-state index < -0.39 is 41.5 Å². The van der Waals surface area contributed by atoms with Crippen LogP contribution in [0.2, 0.25) is 0 Å². The molecule has 42 heavy (non-hydrogen) atoms. The lowest BCUT2D eigenvalue weighted by molar-refractivity contribution is -0.321. The van der Waals surface area contributed by atoms with Crippen molar-refractivity contribution in [2.75, 3.05) is 32.1 Å². The van der Waals surface area contributed by atoms with E-state index in [9.17, 15) is 19.5 Å². The second-order valence-corrected chi connectivity index (χ2v) is 13.7. The van der Waals surface area contributed by atoms with E-state index in [1.54, 1.807) is 16.7 Å². The number of aromatic amines is 1. The third kappa shape index (κ3) is 3.79. The predicted octanol–water partition coefficient (Wildman–Crippen LogP) is 2.14. The van der Waals surface area contributed by atoms with Crippen molar-refractivity contribution in [3.8, 4) is 0 Å². The first-order valence-corrected chi connectivity index (χ1v) is 16.4. The van der Waals surface area contributed by atoms with E-state index in [-0.39, 0.29) is 17.9 Å².